The molecule has 0 bridgehead atoms. The largest absolute Gasteiger partial charge is 0.466 e. The van der Waals surface area contributed by atoms with Crippen LogP contribution in [0, 0.1) is 0 Å². The molecule has 0 saturated carbocycles. The van der Waals surface area contributed by atoms with Crippen LogP contribution in [0.15, 0.2) is 24.3 Å². The Morgan fingerprint density at radius 2 is 1.93 bits per heavy atom. The minimum Gasteiger partial charge on any atom is -0.466 e. The van der Waals surface area contributed by atoms with Crippen molar-refractivity contribution in [3.05, 3.63) is 29.8 Å². The van der Waals surface area contributed by atoms with Crippen LogP contribution in [-0.4, -0.2) is 67.4 Å². The minimum atomic E-state index is -0.873. The maximum absolute atomic E-state index is 12.7. The minimum absolute atomic E-state index is 0.0334. The molecule has 29 heavy (non-hydrogen) atoms. The summed E-state index contributed by atoms with van der Waals surface area (Å²) in [6.07, 6.45) is 0.521. The van der Waals surface area contributed by atoms with Gasteiger partial charge in [-0.3, -0.25) is 19.2 Å². The first kappa shape index (κ1) is 22.2. The van der Waals surface area contributed by atoms with Crippen LogP contribution >= 0.6 is 0 Å². The van der Waals surface area contributed by atoms with Crippen LogP contribution in [0.5, 0.6) is 0 Å². The summed E-state index contributed by atoms with van der Waals surface area (Å²) in [5.74, 6) is -1.31. The van der Waals surface area contributed by atoms with Gasteiger partial charge >= 0.3 is 5.97 Å². The van der Waals surface area contributed by atoms with E-state index in [1.54, 1.807) is 24.3 Å². The Morgan fingerprint density at radius 3 is 2.59 bits per heavy atom. The number of esters is 1. The van der Waals surface area contributed by atoms with Gasteiger partial charge in [0.05, 0.1) is 19.6 Å². The molecule has 1 atom stereocenters. The van der Waals surface area contributed by atoms with Crippen molar-refractivity contribution in [3.8, 4) is 0 Å². The molecular weight excluding hydrogens is 376 g/mol. The Morgan fingerprint density at radius 1 is 1.21 bits per heavy atom. The van der Waals surface area contributed by atoms with Gasteiger partial charge in [0.15, 0.2) is 0 Å². The summed E-state index contributed by atoms with van der Waals surface area (Å²) in [6, 6.07) is 5.88. The van der Waals surface area contributed by atoms with E-state index in [1.807, 2.05) is 13.8 Å². The number of ether oxygens (including phenoxy) is 1. The van der Waals surface area contributed by atoms with Crippen LogP contribution in [0.3, 0.4) is 0 Å². The Kier molecular flexibility index (Phi) is 8.45. The first-order chi connectivity index (χ1) is 14.0. The number of piperazine rings is 1. The molecule has 9 heteroatoms. The monoisotopic (exact) mass is 404 g/mol. The van der Waals surface area contributed by atoms with Crippen molar-refractivity contribution in [3.63, 3.8) is 0 Å². The van der Waals surface area contributed by atoms with E-state index in [-0.39, 0.29) is 37.3 Å². The third-order valence-electron chi connectivity index (χ3n) is 4.41. The second-order valence-electron chi connectivity index (χ2n) is 6.61. The topological polar surface area (TPSA) is 117 Å². The molecule has 1 heterocycles. The number of rotatable bonds is 9. The molecule has 158 valence electrons. The summed E-state index contributed by atoms with van der Waals surface area (Å²) in [4.78, 5) is 49.9. The van der Waals surface area contributed by atoms with E-state index < -0.39 is 12.0 Å². The molecule has 0 spiro atoms. The van der Waals surface area contributed by atoms with Crippen LogP contribution in [0.1, 0.15) is 37.0 Å². The van der Waals surface area contributed by atoms with E-state index in [2.05, 4.69) is 16.0 Å². The highest BCUT2D eigenvalue weighted by Crippen LogP contribution is 2.13. The van der Waals surface area contributed by atoms with Crippen LogP contribution in [0.4, 0.5) is 5.69 Å². The number of benzene rings is 1. The zero-order valence-corrected chi connectivity index (χ0v) is 16.8. The molecule has 0 aliphatic carbocycles. The fourth-order valence-electron chi connectivity index (χ4n) is 2.93. The lowest BCUT2D eigenvalue weighted by Gasteiger charge is -2.34. The summed E-state index contributed by atoms with van der Waals surface area (Å²) in [5, 5.41) is 8.39. The number of nitrogens with one attached hydrogen (secondary N) is 3. The summed E-state index contributed by atoms with van der Waals surface area (Å²) in [5.41, 5.74) is 1.20. The second-order valence-corrected chi connectivity index (χ2v) is 6.61. The van der Waals surface area contributed by atoms with Gasteiger partial charge in [0.25, 0.3) is 5.91 Å². The molecule has 3 amide bonds. The summed E-state index contributed by atoms with van der Waals surface area (Å²) >= 11 is 0. The molecule has 1 aliphatic heterocycles. The van der Waals surface area contributed by atoms with Crippen molar-refractivity contribution in [2.75, 3.05) is 38.1 Å². The maximum Gasteiger partial charge on any atom is 0.308 e. The molecule has 3 N–H and O–H groups in total. The van der Waals surface area contributed by atoms with Crippen molar-refractivity contribution < 1.29 is 23.9 Å². The quantitative estimate of drug-likeness (QED) is 0.517. The molecule has 1 saturated heterocycles. The third-order valence-corrected chi connectivity index (χ3v) is 4.41. The molecule has 1 fully saturated rings. The average Bonchev–Trinajstić information content (AvgIpc) is 2.72. The van der Waals surface area contributed by atoms with Gasteiger partial charge in [-0.05, 0) is 37.6 Å². The van der Waals surface area contributed by atoms with Gasteiger partial charge < -0.3 is 25.6 Å². The zero-order chi connectivity index (χ0) is 21.2. The molecule has 2 rings (SSSR count). The number of hydrogen-bond acceptors (Lipinski definition) is 6. The van der Waals surface area contributed by atoms with Gasteiger partial charge in [-0.1, -0.05) is 6.92 Å². The Labute approximate surface area is 170 Å². The lowest BCUT2D eigenvalue weighted by atomic mass is 10.1. The number of carbonyl (C=O) groups excluding carboxylic acids is 4. The highest BCUT2D eigenvalue weighted by molar-refractivity contribution is 5.95. The van der Waals surface area contributed by atoms with Crippen LogP contribution in [0.25, 0.3) is 0 Å². The Bertz CT molecular complexity index is 735. The lowest BCUT2D eigenvalue weighted by molar-refractivity contribution is -0.151. The standard InChI is InChI=1S/C20H28N4O5/c1-3-11-29-18(26)12-16-20(28)22-9-10-24(16)17(25)13-23-15-7-5-14(6-8-15)19(27)21-4-2/h5-8,16,23H,3-4,9-13H2,1-2H3,(H,21,27)(H,22,28). The highest BCUT2D eigenvalue weighted by atomic mass is 16.5. The van der Waals surface area contributed by atoms with Gasteiger partial charge in [-0.2, -0.15) is 0 Å². The number of carbonyl (C=O) groups is 4. The van der Waals surface area contributed by atoms with Gasteiger partial charge in [0, 0.05) is 30.9 Å². The SMILES string of the molecule is CCCOC(=O)CC1C(=O)NCCN1C(=O)CNc1ccc(C(=O)NCC)cc1. The van der Waals surface area contributed by atoms with E-state index in [9.17, 15) is 19.2 Å². The van der Waals surface area contributed by atoms with E-state index in [0.29, 0.717) is 37.3 Å². The van der Waals surface area contributed by atoms with E-state index in [1.165, 1.54) is 4.90 Å². The molecule has 1 aliphatic rings. The van der Waals surface area contributed by atoms with E-state index >= 15 is 0 Å². The maximum atomic E-state index is 12.7. The van der Waals surface area contributed by atoms with Gasteiger partial charge in [0.2, 0.25) is 11.8 Å². The Hall–Kier alpha value is -3.10. The third kappa shape index (κ3) is 6.48. The van der Waals surface area contributed by atoms with Crippen LogP contribution in [-0.2, 0) is 19.1 Å². The molecule has 9 nitrogen and oxygen atoms in total. The average molecular weight is 404 g/mol. The molecule has 0 aromatic heterocycles. The molecule has 0 radical (unpaired) electrons. The number of nitrogens with zero attached hydrogens (tertiary/aromatic N) is 1. The summed E-state index contributed by atoms with van der Waals surface area (Å²) < 4.78 is 5.04. The second kappa shape index (κ2) is 11.0. The smallest absolute Gasteiger partial charge is 0.308 e. The summed E-state index contributed by atoms with van der Waals surface area (Å²) in [7, 11) is 0. The predicted octanol–water partition coefficient (Wildman–Crippen LogP) is 0.519. The number of anilines is 1. The molecule has 1 unspecified atom stereocenters. The van der Waals surface area contributed by atoms with E-state index in [4.69, 9.17) is 4.74 Å². The first-order valence-electron chi connectivity index (χ1n) is 9.81. The molecular formula is C20H28N4O5. The number of hydrogen-bond donors (Lipinski definition) is 3. The van der Waals surface area contributed by atoms with Crippen LogP contribution < -0.4 is 16.0 Å². The normalized spacial score (nSPS) is 16.0. The van der Waals surface area contributed by atoms with E-state index in [0.717, 1.165) is 0 Å². The summed E-state index contributed by atoms with van der Waals surface area (Å²) in [6.45, 7) is 5.19. The molecule has 1 aromatic carbocycles. The van der Waals surface area contributed by atoms with Crippen LogP contribution in [0.2, 0.25) is 0 Å². The number of amides is 3. The lowest BCUT2D eigenvalue weighted by Crippen LogP contribution is -2.58. The van der Waals surface area contributed by atoms with Crippen molar-refractivity contribution in [1.29, 1.82) is 0 Å². The van der Waals surface area contributed by atoms with Gasteiger partial charge in [0.1, 0.15) is 6.04 Å². The van der Waals surface area contributed by atoms with Crippen molar-refractivity contribution >= 4 is 29.4 Å². The van der Waals surface area contributed by atoms with Crippen molar-refractivity contribution in [1.82, 2.24) is 15.5 Å². The predicted molar refractivity (Wildman–Crippen MR) is 107 cm³/mol. The zero-order valence-electron chi connectivity index (χ0n) is 16.8. The fraction of sp³-hybridized carbons (Fsp3) is 0.500. The van der Waals surface area contributed by atoms with Gasteiger partial charge in [-0.15, -0.1) is 0 Å². The molecule has 1 aromatic rings. The van der Waals surface area contributed by atoms with Crippen molar-refractivity contribution in [2.45, 2.75) is 32.7 Å². The fourth-order valence-corrected chi connectivity index (χ4v) is 2.93. The van der Waals surface area contributed by atoms with Gasteiger partial charge in [-0.25, -0.2) is 0 Å². The van der Waals surface area contributed by atoms with Crippen molar-refractivity contribution in [2.24, 2.45) is 0 Å². The Balaban J connectivity index is 1.94. The highest BCUT2D eigenvalue weighted by Gasteiger charge is 2.34. The first-order valence-corrected chi connectivity index (χ1v) is 9.81.